The molecule has 0 aliphatic rings. The van der Waals surface area contributed by atoms with E-state index in [0.717, 1.165) is 16.5 Å². The summed E-state index contributed by atoms with van der Waals surface area (Å²) in [5.74, 6) is 0. The van der Waals surface area contributed by atoms with Crippen LogP contribution in [0.2, 0.25) is 5.02 Å². The number of H-pyrrole nitrogens is 1. The molecule has 0 aliphatic carbocycles. The lowest BCUT2D eigenvalue weighted by Crippen LogP contribution is -2.38. The predicted octanol–water partition coefficient (Wildman–Crippen LogP) is 4.28. The van der Waals surface area contributed by atoms with Gasteiger partial charge in [-0.25, -0.2) is 4.79 Å². The van der Waals surface area contributed by atoms with Crippen molar-refractivity contribution in [2.75, 3.05) is 0 Å². The Morgan fingerprint density at radius 1 is 1.43 bits per heavy atom. The Hall–Kier alpha value is -1.68. The van der Waals surface area contributed by atoms with Gasteiger partial charge in [0.15, 0.2) is 0 Å². The molecule has 2 N–H and O–H groups in total. The second kappa shape index (κ2) is 5.98. The topological polar surface area (TPSA) is 54.1 Å². The van der Waals surface area contributed by atoms with E-state index in [1.807, 2.05) is 52.1 Å². The summed E-state index contributed by atoms with van der Waals surface area (Å²) in [4.78, 5) is 15.0. The summed E-state index contributed by atoms with van der Waals surface area (Å²) >= 11 is 6.04. The number of ether oxygens (including phenoxy) is 1. The first-order valence-electron chi connectivity index (χ1n) is 6.99. The van der Waals surface area contributed by atoms with Crippen LogP contribution in [0.1, 0.15) is 33.3 Å². The molecule has 1 aromatic carbocycles. The molecule has 0 radical (unpaired) electrons. The maximum Gasteiger partial charge on any atom is 0.407 e. The lowest BCUT2D eigenvalue weighted by atomic mass is 10.1. The number of alkyl carbamates (subject to hydrolysis) is 1. The van der Waals surface area contributed by atoms with E-state index in [2.05, 4.69) is 10.3 Å². The highest BCUT2D eigenvalue weighted by atomic mass is 35.5. The van der Waals surface area contributed by atoms with Gasteiger partial charge >= 0.3 is 6.09 Å². The summed E-state index contributed by atoms with van der Waals surface area (Å²) in [5.41, 5.74) is 1.67. The summed E-state index contributed by atoms with van der Waals surface area (Å²) in [6, 6.07) is 5.71. The van der Waals surface area contributed by atoms with E-state index in [0.29, 0.717) is 11.4 Å². The number of halogens is 1. The molecular weight excluding hydrogens is 288 g/mol. The number of fused-ring (bicyclic) bond motifs is 1. The van der Waals surface area contributed by atoms with Crippen molar-refractivity contribution in [1.29, 1.82) is 0 Å². The Morgan fingerprint density at radius 3 is 2.81 bits per heavy atom. The Balaban J connectivity index is 2.03. The maximum atomic E-state index is 11.8. The number of nitrogens with one attached hydrogen (secondary N) is 2. The third-order valence-corrected chi connectivity index (χ3v) is 3.25. The minimum Gasteiger partial charge on any atom is -0.444 e. The zero-order valence-corrected chi connectivity index (χ0v) is 13.5. The molecule has 4 nitrogen and oxygen atoms in total. The van der Waals surface area contributed by atoms with Gasteiger partial charge in [0.25, 0.3) is 0 Å². The zero-order chi connectivity index (χ0) is 15.6. The average molecular weight is 309 g/mol. The molecule has 1 aromatic heterocycles. The summed E-state index contributed by atoms with van der Waals surface area (Å²) in [6.45, 7) is 7.49. The van der Waals surface area contributed by atoms with Crippen LogP contribution in [-0.2, 0) is 11.2 Å². The molecular formula is C16H21ClN2O2. The van der Waals surface area contributed by atoms with E-state index in [9.17, 15) is 4.79 Å². The van der Waals surface area contributed by atoms with Gasteiger partial charge in [-0.15, -0.1) is 0 Å². The Bertz CT molecular complexity index is 643. The maximum absolute atomic E-state index is 11.8. The molecule has 1 heterocycles. The van der Waals surface area contributed by atoms with Crippen molar-refractivity contribution in [3.8, 4) is 0 Å². The molecule has 2 rings (SSSR count). The summed E-state index contributed by atoms with van der Waals surface area (Å²) in [7, 11) is 0. The summed E-state index contributed by atoms with van der Waals surface area (Å²) in [6.07, 6.45) is 2.27. The van der Waals surface area contributed by atoms with Crippen molar-refractivity contribution in [2.24, 2.45) is 0 Å². The number of rotatable bonds is 3. The molecule has 0 saturated carbocycles. The largest absolute Gasteiger partial charge is 0.444 e. The first-order chi connectivity index (χ1) is 9.74. The second-order valence-corrected chi connectivity index (χ2v) is 6.69. The molecule has 0 saturated heterocycles. The number of carbonyl (C=O) groups excluding carboxylic acids is 1. The van der Waals surface area contributed by atoms with Crippen LogP contribution in [0.4, 0.5) is 4.79 Å². The molecule has 114 valence electrons. The molecule has 0 fully saturated rings. The second-order valence-electron chi connectivity index (χ2n) is 6.26. The third-order valence-electron chi connectivity index (χ3n) is 3.02. The smallest absolute Gasteiger partial charge is 0.407 e. The van der Waals surface area contributed by atoms with E-state index >= 15 is 0 Å². The lowest BCUT2D eigenvalue weighted by Gasteiger charge is -2.21. The van der Waals surface area contributed by atoms with Gasteiger partial charge in [0.2, 0.25) is 0 Å². The first kappa shape index (κ1) is 15.7. The summed E-state index contributed by atoms with van der Waals surface area (Å²) in [5, 5.41) is 4.63. The molecule has 5 heteroatoms. The highest BCUT2D eigenvalue weighted by molar-refractivity contribution is 6.31. The van der Waals surface area contributed by atoms with Gasteiger partial charge in [-0.2, -0.15) is 0 Å². The lowest BCUT2D eigenvalue weighted by molar-refractivity contribution is 0.0508. The molecule has 0 spiro atoms. The molecule has 0 aliphatic heterocycles. The standard InChI is InChI=1S/C16H21ClN2O2/c1-10(19-15(20)21-16(2,3)4)7-11-9-18-14-6-5-12(17)8-13(11)14/h5-6,8-10,18H,7H2,1-4H3,(H,19,20). The molecule has 0 bridgehead atoms. The van der Waals surface area contributed by atoms with Gasteiger partial charge in [-0.1, -0.05) is 11.6 Å². The molecule has 1 unspecified atom stereocenters. The Morgan fingerprint density at radius 2 is 2.14 bits per heavy atom. The minimum atomic E-state index is -0.488. The van der Waals surface area contributed by atoms with Gasteiger partial charge in [-0.05, 0) is 57.9 Å². The van der Waals surface area contributed by atoms with Crippen LogP contribution < -0.4 is 5.32 Å². The van der Waals surface area contributed by atoms with Crippen molar-refractivity contribution < 1.29 is 9.53 Å². The Labute approximate surface area is 129 Å². The van der Waals surface area contributed by atoms with Crippen molar-refractivity contribution in [3.63, 3.8) is 0 Å². The van der Waals surface area contributed by atoms with Crippen LogP contribution in [0.25, 0.3) is 10.9 Å². The number of carbonyl (C=O) groups is 1. The van der Waals surface area contributed by atoms with Crippen LogP contribution in [0.5, 0.6) is 0 Å². The van der Waals surface area contributed by atoms with Crippen molar-refractivity contribution in [2.45, 2.75) is 45.8 Å². The average Bonchev–Trinajstić information content (AvgIpc) is 2.69. The van der Waals surface area contributed by atoms with Crippen LogP contribution in [0.3, 0.4) is 0 Å². The first-order valence-corrected chi connectivity index (χ1v) is 7.37. The molecule has 21 heavy (non-hydrogen) atoms. The molecule has 2 aromatic rings. The fourth-order valence-corrected chi connectivity index (χ4v) is 2.38. The van der Waals surface area contributed by atoms with Crippen molar-refractivity contribution in [1.82, 2.24) is 10.3 Å². The quantitative estimate of drug-likeness (QED) is 0.889. The van der Waals surface area contributed by atoms with E-state index in [1.54, 1.807) is 0 Å². The third kappa shape index (κ3) is 4.39. The van der Waals surface area contributed by atoms with Gasteiger partial charge in [0.05, 0.1) is 0 Å². The number of benzene rings is 1. The van der Waals surface area contributed by atoms with Gasteiger partial charge < -0.3 is 15.0 Å². The highest BCUT2D eigenvalue weighted by Gasteiger charge is 2.18. The highest BCUT2D eigenvalue weighted by Crippen LogP contribution is 2.23. The van der Waals surface area contributed by atoms with Gasteiger partial charge in [-0.3, -0.25) is 0 Å². The van der Waals surface area contributed by atoms with Gasteiger partial charge in [0.1, 0.15) is 5.60 Å². The number of hydrogen-bond acceptors (Lipinski definition) is 2. The SMILES string of the molecule is CC(Cc1c[nH]c2ccc(Cl)cc12)NC(=O)OC(C)(C)C. The van der Waals surface area contributed by atoms with Crippen molar-refractivity contribution in [3.05, 3.63) is 35.0 Å². The molecule has 1 amide bonds. The van der Waals surface area contributed by atoms with Crippen LogP contribution in [0.15, 0.2) is 24.4 Å². The zero-order valence-electron chi connectivity index (χ0n) is 12.8. The minimum absolute atomic E-state index is 0.0298. The predicted molar refractivity (Wildman–Crippen MR) is 85.8 cm³/mol. The van der Waals surface area contributed by atoms with Crippen molar-refractivity contribution >= 4 is 28.6 Å². The van der Waals surface area contributed by atoms with E-state index in [-0.39, 0.29) is 6.04 Å². The number of hydrogen-bond donors (Lipinski definition) is 2. The number of aromatic amines is 1. The van der Waals surface area contributed by atoms with E-state index < -0.39 is 11.7 Å². The van der Waals surface area contributed by atoms with Crippen LogP contribution >= 0.6 is 11.6 Å². The van der Waals surface area contributed by atoms with E-state index in [1.165, 1.54) is 0 Å². The van der Waals surface area contributed by atoms with E-state index in [4.69, 9.17) is 16.3 Å². The fourth-order valence-electron chi connectivity index (χ4n) is 2.21. The monoisotopic (exact) mass is 308 g/mol. The Kier molecular flexibility index (Phi) is 4.47. The normalized spacial score (nSPS) is 13.2. The fraction of sp³-hybridized carbons (Fsp3) is 0.438. The van der Waals surface area contributed by atoms with Crippen LogP contribution in [-0.4, -0.2) is 22.7 Å². The van der Waals surface area contributed by atoms with Gasteiger partial charge in [0, 0.05) is 28.2 Å². The number of aromatic nitrogens is 1. The van der Waals surface area contributed by atoms with Crippen LogP contribution in [0, 0.1) is 0 Å². The summed E-state index contributed by atoms with van der Waals surface area (Å²) < 4.78 is 5.26. The molecule has 1 atom stereocenters. The number of amides is 1.